The molecule has 3 nitrogen and oxygen atoms in total. The Labute approximate surface area is 98.1 Å². The van der Waals surface area contributed by atoms with E-state index in [4.69, 9.17) is 14.8 Å². The molecule has 2 rings (SSSR count). The van der Waals surface area contributed by atoms with Crippen molar-refractivity contribution in [2.24, 2.45) is 0 Å². The van der Waals surface area contributed by atoms with E-state index >= 15 is 0 Å². The van der Waals surface area contributed by atoms with Crippen molar-refractivity contribution in [1.82, 2.24) is 0 Å². The third-order valence-electron chi connectivity index (χ3n) is 2.28. The molecule has 1 heterocycles. The fourth-order valence-corrected chi connectivity index (χ4v) is 2.23. The summed E-state index contributed by atoms with van der Waals surface area (Å²) in [5.74, 6) is 0.787. The maximum Gasteiger partial charge on any atom is 0.499 e. The minimum absolute atomic E-state index is 0.540. The highest BCUT2D eigenvalue weighted by atomic mass is 32.1. The van der Waals surface area contributed by atoms with Crippen LogP contribution in [0.3, 0.4) is 0 Å². The van der Waals surface area contributed by atoms with Gasteiger partial charge in [-0.25, -0.2) is 0 Å². The Morgan fingerprint density at radius 2 is 2.00 bits per heavy atom. The number of thiophene rings is 1. The average Bonchev–Trinajstić information content (AvgIpc) is 2.78. The molecule has 82 valence electrons. The SMILES string of the molecule is COc1cccc(-c2csc(B(O)O)c2)c1. The molecule has 0 spiro atoms. The molecule has 0 aliphatic heterocycles. The number of methoxy groups -OCH3 is 1. The van der Waals surface area contributed by atoms with Gasteiger partial charge in [0.05, 0.1) is 7.11 Å². The van der Waals surface area contributed by atoms with Crippen LogP contribution < -0.4 is 9.51 Å². The quantitative estimate of drug-likeness (QED) is 0.782. The molecule has 0 saturated carbocycles. The fraction of sp³-hybridized carbons (Fsp3) is 0.0909. The predicted molar refractivity (Wildman–Crippen MR) is 66.1 cm³/mol. The van der Waals surface area contributed by atoms with E-state index < -0.39 is 7.12 Å². The van der Waals surface area contributed by atoms with Crippen molar-refractivity contribution in [1.29, 1.82) is 0 Å². The Hall–Kier alpha value is -1.30. The first kappa shape index (κ1) is 11.2. The Morgan fingerprint density at radius 1 is 1.19 bits per heavy atom. The highest BCUT2D eigenvalue weighted by Gasteiger charge is 2.14. The molecule has 0 aliphatic rings. The Balaban J connectivity index is 2.34. The third-order valence-corrected chi connectivity index (χ3v) is 3.25. The van der Waals surface area contributed by atoms with E-state index in [1.807, 2.05) is 29.6 Å². The van der Waals surface area contributed by atoms with Crippen molar-refractivity contribution in [3.8, 4) is 16.9 Å². The average molecular weight is 234 g/mol. The molecule has 0 bridgehead atoms. The van der Waals surface area contributed by atoms with Gasteiger partial charge >= 0.3 is 7.12 Å². The summed E-state index contributed by atoms with van der Waals surface area (Å²) in [6, 6.07) is 9.41. The molecule has 0 amide bonds. The minimum Gasteiger partial charge on any atom is -0.497 e. The van der Waals surface area contributed by atoms with Crippen LogP contribution in [0.2, 0.25) is 0 Å². The fourth-order valence-electron chi connectivity index (χ4n) is 1.44. The van der Waals surface area contributed by atoms with E-state index in [9.17, 15) is 0 Å². The summed E-state index contributed by atoms with van der Waals surface area (Å²) in [4.78, 5) is 0. The summed E-state index contributed by atoms with van der Waals surface area (Å²) in [5, 5.41) is 19.9. The molecule has 1 aromatic heterocycles. The van der Waals surface area contributed by atoms with Gasteiger partial charge in [0.1, 0.15) is 5.75 Å². The number of hydrogen-bond donors (Lipinski definition) is 2. The lowest BCUT2D eigenvalue weighted by Crippen LogP contribution is -2.26. The van der Waals surface area contributed by atoms with E-state index in [0.717, 1.165) is 16.9 Å². The molecule has 2 N–H and O–H groups in total. The van der Waals surface area contributed by atoms with Gasteiger partial charge in [-0.3, -0.25) is 0 Å². The van der Waals surface area contributed by atoms with Gasteiger partial charge in [-0.15, -0.1) is 0 Å². The first-order valence-corrected chi connectivity index (χ1v) is 5.67. The predicted octanol–water partition coefficient (Wildman–Crippen LogP) is 1.10. The molecule has 2 aromatic rings. The zero-order chi connectivity index (χ0) is 11.5. The van der Waals surface area contributed by atoms with E-state index in [1.54, 1.807) is 13.2 Å². The maximum atomic E-state index is 9.03. The molecule has 1 aromatic carbocycles. The minimum atomic E-state index is -1.40. The normalized spacial score (nSPS) is 10.2. The maximum absolute atomic E-state index is 9.03. The number of rotatable bonds is 3. The molecule has 0 radical (unpaired) electrons. The van der Waals surface area contributed by atoms with Gasteiger partial charge in [0.25, 0.3) is 0 Å². The van der Waals surface area contributed by atoms with Gasteiger partial charge in [0, 0.05) is 4.78 Å². The van der Waals surface area contributed by atoms with Crippen molar-refractivity contribution in [3.05, 3.63) is 35.7 Å². The largest absolute Gasteiger partial charge is 0.499 e. The lowest BCUT2D eigenvalue weighted by Gasteiger charge is -2.02. The van der Waals surface area contributed by atoms with Crippen LogP contribution in [0.5, 0.6) is 5.75 Å². The van der Waals surface area contributed by atoms with Gasteiger partial charge in [0.15, 0.2) is 0 Å². The topological polar surface area (TPSA) is 49.7 Å². The van der Waals surface area contributed by atoms with Crippen LogP contribution in [0.1, 0.15) is 0 Å². The highest BCUT2D eigenvalue weighted by Crippen LogP contribution is 2.24. The lowest BCUT2D eigenvalue weighted by atomic mass is 9.88. The zero-order valence-electron chi connectivity index (χ0n) is 8.75. The van der Waals surface area contributed by atoms with Crippen molar-refractivity contribution in [2.45, 2.75) is 0 Å². The van der Waals surface area contributed by atoms with Gasteiger partial charge in [0.2, 0.25) is 0 Å². The van der Waals surface area contributed by atoms with Gasteiger partial charge < -0.3 is 14.8 Å². The van der Waals surface area contributed by atoms with E-state index in [-0.39, 0.29) is 0 Å². The van der Waals surface area contributed by atoms with E-state index in [2.05, 4.69) is 0 Å². The van der Waals surface area contributed by atoms with Crippen LogP contribution >= 0.6 is 11.3 Å². The molecular weight excluding hydrogens is 223 g/mol. The first-order chi connectivity index (χ1) is 7.70. The van der Waals surface area contributed by atoms with Gasteiger partial charge in [-0.1, -0.05) is 12.1 Å². The van der Waals surface area contributed by atoms with Crippen molar-refractivity contribution in [3.63, 3.8) is 0 Å². The molecule has 16 heavy (non-hydrogen) atoms. The van der Waals surface area contributed by atoms with Crippen LogP contribution in [0.4, 0.5) is 0 Å². The van der Waals surface area contributed by atoms with Crippen molar-refractivity contribution >= 4 is 23.2 Å². The van der Waals surface area contributed by atoms with Gasteiger partial charge in [-0.05, 0) is 34.7 Å². The third kappa shape index (κ3) is 2.27. The first-order valence-electron chi connectivity index (χ1n) is 4.79. The molecule has 0 unspecified atom stereocenters. The number of benzene rings is 1. The number of ether oxygens (including phenoxy) is 1. The molecule has 0 atom stereocenters. The Bertz CT molecular complexity index is 482. The smallest absolute Gasteiger partial charge is 0.497 e. The second-order valence-electron chi connectivity index (χ2n) is 3.34. The van der Waals surface area contributed by atoms with Crippen molar-refractivity contribution in [2.75, 3.05) is 7.11 Å². The zero-order valence-corrected chi connectivity index (χ0v) is 9.57. The number of hydrogen-bond acceptors (Lipinski definition) is 4. The monoisotopic (exact) mass is 234 g/mol. The van der Waals surface area contributed by atoms with E-state index in [0.29, 0.717) is 4.78 Å². The summed E-state index contributed by atoms with van der Waals surface area (Å²) in [6.07, 6.45) is 0. The molecule has 0 saturated heterocycles. The summed E-state index contributed by atoms with van der Waals surface area (Å²) in [5.41, 5.74) is 1.97. The molecular formula is C11H11BO3S. The van der Waals surface area contributed by atoms with E-state index in [1.165, 1.54) is 11.3 Å². The van der Waals surface area contributed by atoms with Crippen LogP contribution in [-0.4, -0.2) is 24.3 Å². The summed E-state index contributed by atoms with van der Waals surface area (Å²) >= 11 is 1.33. The Morgan fingerprint density at radius 3 is 2.62 bits per heavy atom. The molecule has 0 fully saturated rings. The van der Waals surface area contributed by atoms with Gasteiger partial charge in [-0.2, -0.15) is 11.3 Å². The van der Waals surface area contributed by atoms with Crippen LogP contribution in [0.15, 0.2) is 35.7 Å². The summed E-state index contributed by atoms with van der Waals surface area (Å²) in [7, 11) is 0.222. The van der Waals surface area contributed by atoms with Crippen LogP contribution in [0, 0.1) is 0 Å². The van der Waals surface area contributed by atoms with Crippen molar-refractivity contribution < 1.29 is 14.8 Å². The molecule has 0 aliphatic carbocycles. The molecule has 5 heteroatoms. The van der Waals surface area contributed by atoms with Crippen LogP contribution in [0.25, 0.3) is 11.1 Å². The van der Waals surface area contributed by atoms with Crippen LogP contribution in [-0.2, 0) is 0 Å². The second kappa shape index (κ2) is 4.70. The lowest BCUT2D eigenvalue weighted by molar-refractivity contribution is 0.415. The Kier molecular flexibility index (Phi) is 3.29. The highest BCUT2D eigenvalue weighted by molar-refractivity contribution is 7.20. The standard InChI is InChI=1S/C11H11BO3S/c1-15-10-4-2-3-8(5-10)9-6-11(12(13)14)16-7-9/h2-7,13-14H,1H3. The summed E-state index contributed by atoms with van der Waals surface area (Å²) < 4.78 is 5.67. The second-order valence-corrected chi connectivity index (χ2v) is 4.29. The summed E-state index contributed by atoms with van der Waals surface area (Å²) in [6.45, 7) is 0.